The standard InChI is InChI=1S/C21H24N10O10P2S2/c22-14-10-15(25-5-24-14)30(6-26-10)18-8-1-21(40-18,3-37-8)4-39-43(36,44)41-13-12(32)9(2-38-42(34)35)45-19(13)31-7-27-11-16(31)28-20(23)29-17(11)33/h5-9,12-13,18-19,32H,1-4H2,(H6-,22,23,24,25,28,29,33,34,35,36,44)/p+1/t8-,9-,12-,13-,18-,19-,21-,43?/m1/s1. The number of fused-ring (bicyclic) bond motifs is 4. The molecule has 0 radical (unpaired) electrons. The zero-order valence-electron chi connectivity index (χ0n) is 22.7. The Morgan fingerprint density at radius 2 is 2.00 bits per heavy atom. The molecule has 9 atom stereocenters. The van der Waals surface area contributed by atoms with E-state index in [1.807, 2.05) is 0 Å². The number of H-pyrrole nitrogens is 1. The number of hydrogen-bond acceptors (Lipinski definition) is 17. The third-order valence-electron chi connectivity index (χ3n) is 7.62. The fraction of sp³-hybridized carbons (Fsp3) is 0.524. The maximum Gasteiger partial charge on any atom is 0.694 e. The smallest absolute Gasteiger partial charge is 0.389 e. The summed E-state index contributed by atoms with van der Waals surface area (Å²) in [7, 11) is -2.96. The van der Waals surface area contributed by atoms with Gasteiger partial charge in [0.15, 0.2) is 28.9 Å². The van der Waals surface area contributed by atoms with Crippen molar-refractivity contribution in [1.29, 1.82) is 0 Å². The van der Waals surface area contributed by atoms with Crippen molar-refractivity contribution in [3.8, 4) is 0 Å². The van der Waals surface area contributed by atoms with Crippen molar-refractivity contribution in [2.45, 2.75) is 47.2 Å². The summed E-state index contributed by atoms with van der Waals surface area (Å²) >= 11 is 6.43. The molecule has 3 fully saturated rings. The first-order valence-electron chi connectivity index (χ1n) is 13.2. The van der Waals surface area contributed by atoms with Gasteiger partial charge in [-0.1, -0.05) is 0 Å². The van der Waals surface area contributed by atoms with Crippen LogP contribution in [0.2, 0.25) is 0 Å². The van der Waals surface area contributed by atoms with Crippen LogP contribution in [0, 0.1) is 0 Å². The van der Waals surface area contributed by atoms with Gasteiger partial charge in [-0.2, -0.15) is 4.98 Å². The molecule has 0 aliphatic carbocycles. The number of ether oxygens (including phenoxy) is 2. The van der Waals surface area contributed by atoms with Crippen LogP contribution >= 0.6 is 26.7 Å². The molecular formula is C21H25N10O10P2S2+. The van der Waals surface area contributed by atoms with E-state index in [2.05, 4.69) is 29.9 Å². The molecule has 4 aromatic rings. The lowest BCUT2D eigenvalue weighted by Crippen LogP contribution is -2.40. The molecule has 8 N–H and O–H groups in total. The molecule has 0 amide bonds. The first-order valence-corrected chi connectivity index (χ1v) is 17.8. The largest absolute Gasteiger partial charge is 0.694 e. The lowest BCUT2D eigenvalue weighted by Gasteiger charge is -2.33. The summed E-state index contributed by atoms with van der Waals surface area (Å²) in [6.45, 7) is -4.51. The second-order valence-corrected chi connectivity index (χ2v) is 15.4. The zero-order chi connectivity index (χ0) is 31.7. The summed E-state index contributed by atoms with van der Waals surface area (Å²) in [6.07, 6.45) is 0.909. The number of hydrogen-bond donors (Lipinski definition) is 6. The molecule has 3 saturated heterocycles. The van der Waals surface area contributed by atoms with Crippen molar-refractivity contribution < 1.29 is 42.5 Å². The van der Waals surface area contributed by atoms with Crippen LogP contribution in [0.15, 0.2) is 23.8 Å². The highest BCUT2D eigenvalue weighted by molar-refractivity contribution is 8.07. The summed E-state index contributed by atoms with van der Waals surface area (Å²) in [5, 5.41) is 9.48. The van der Waals surface area contributed by atoms with Crippen LogP contribution in [0.25, 0.3) is 22.3 Å². The highest BCUT2D eigenvalue weighted by Gasteiger charge is 2.56. The number of imidazole rings is 2. The Kier molecular flexibility index (Phi) is 7.91. The van der Waals surface area contributed by atoms with E-state index in [1.165, 1.54) is 23.5 Å². The van der Waals surface area contributed by atoms with E-state index in [4.69, 9.17) is 51.2 Å². The van der Waals surface area contributed by atoms with E-state index in [1.54, 1.807) is 4.57 Å². The van der Waals surface area contributed by atoms with E-state index in [0.29, 0.717) is 17.6 Å². The predicted molar refractivity (Wildman–Crippen MR) is 159 cm³/mol. The average molecular weight is 704 g/mol. The summed E-state index contributed by atoms with van der Waals surface area (Å²) in [6, 6.07) is 0. The van der Waals surface area contributed by atoms with Gasteiger partial charge in [0.25, 0.3) is 5.56 Å². The van der Waals surface area contributed by atoms with Gasteiger partial charge in [0.2, 0.25) is 5.95 Å². The molecular weight excluding hydrogens is 678 g/mol. The molecule has 2 unspecified atom stereocenters. The van der Waals surface area contributed by atoms with E-state index in [0.717, 1.165) is 11.8 Å². The number of rotatable bonds is 10. The third kappa shape index (κ3) is 5.64. The highest BCUT2D eigenvalue weighted by atomic mass is 32.5. The van der Waals surface area contributed by atoms with Crippen LogP contribution in [0.3, 0.4) is 0 Å². The number of anilines is 2. The van der Waals surface area contributed by atoms with Crippen molar-refractivity contribution in [2.24, 2.45) is 0 Å². The number of aliphatic hydroxyl groups is 1. The number of nitrogens with two attached hydrogens (primary N) is 2. The average Bonchev–Trinajstić information content (AvgIpc) is 3.80. The molecule has 3 aliphatic heterocycles. The van der Waals surface area contributed by atoms with Gasteiger partial charge in [0.05, 0.1) is 37.2 Å². The first kappa shape index (κ1) is 30.9. The molecule has 4 aromatic heterocycles. The van der Waals surface area contributed by atoms with Crippen molar-refractivity contribution in [1.82, 2.24) is 39.0 Å². The third-order valence-corrected chi connectivity index (χ3v) is 11.1. The van der Waals surface area contributed by atoms with Gasteiger partial charge in [-0.3, -0.25) is 23.4 Å². The predicted octanol–water partition coefficient (Wildman–Crippen LogP) is -0.560. The molecule has 20 nitrogen and oxygen atoms in total. The Morgan fingerprint density at radius 1 is 1.22 bits per heavy atom. The molecule has 2 bridgehead atoms. The van der Waals surface area contributed by atoms with E-state index in [9.17, 15) is 19.4 Å². The summed E-state index contributed by atoms with van der Waals surface area (Å²) in [5.74, 6) is 0.0483. The first-order chi connectivity index (χ1) is 21.4. The normalized spacial score (nSPS) is 31.2. The quantitative estimate of drug-likeness (QED) is 0.113. The van der Waals surface area contributed by atoms with Crippen molar-refractivity contribution >= 4 is 72.6 Å². The number of aromatic nitrogens is 8. The number of nitrogens with zero attached hydrogens (tertiary/aromatic N) is 7. The fourth-order valence-corrected chi connectivity index (χ4v) is 9.02. The monoisotopic (exact) mass is 703 g/mol. The van der Waals surface area contributed by atoms with Gasteiger partial charge in [-0.15, -0.1) is 21.2 Å². The van der Waals surface area contributed by atoms with Crippen LogP contribution in [-0.2, 0) is 39.4 Å². The van der Waals surface area contributed by atoms with Crippen LogP contribution in [0.5, 0.6) is 0 Å². The molecule has 3 aliphatic rings. The van der Waals surface area contributed by atoms with Crippen LogP contribution in [0.4, 0.5) is 11.8 Å². The van der Waals surface area contributed by atoms with Gasteiger partial charge in [-0.05, 0) is 11.8 Å². The Morgan fingerprint density at radius 3 is 2.80 bits per heavy atom. The Bertz CT molecular complexity index is 1910. The number of nitrogen functional groups attached to an aromatic ring is 2. The molecule has 45 heavy (non-hydrogen) atoms. The van der Waals surface area contributed by atoms with Crippen LogP contribution in [-0.4, -0.2) is 103 Å². The summed E-state index contributed by atoms with van der Waals surface area (Å²) in [4.78, 5) is 55.8. The molecule has 7 rings (SSSR count). The molecule has 0 saturated carbocycles. The lowest BCUT2D eigenvalue weighted by molar-refractivity contribution is -0.180. The SMILES string of the molecule is Nc1nc2c(ncn2[C@@H]2S[C@H](CO[P+](=O)O)[C@@H](O)[C@H]2OP(O)(=S)OC[C@]23CO[C@H](C2)[C@H](n2cnc4c(N)ncnc42)O3)c(=O)[nH]1. The molecule has 240 valence electrons. The number of nitrogens with one attached hydrogen (secondary N) is 1. The highest BCUT2D eigenvalue weighted by Crippen LogP contribution is 2.55. The number of aromatic amines is 1. The van der Waals surface area contributed by atoms with Crippen molar-refractivity contribution in [3.63, 3.8) is 0 Å². The van der Waals surface area contributed by atoms with Crippen LogP contribution < -0.4 is 17.0 Å². The topological polar surface area (TPSA) is 283 Å². The van der Waals surface area contributed by atoms with Crippen molar-refractivity contribution in [2.75, 3.05) is 31.3 Å². The van der Waals surface area contributed by atoms with Gasteiger partial charge < -0.3 is 35.5 Å². The minimum Gasteiger partial charge on any atom is -0.389 e. The van der Waals surface area contributed by atoms with Gasteiger partial charge >= 0.3 is 15.0 Å². The Hall–Kier alpha value is -2.72. The fourth-order valence-electron chi connectivity index (χ4n) is 5.61. The van der Waals surface area contributed by atoms with Gasteiger partial charge in [-0.25, -0.2) is 19.9 Å². The minimum absolute atomic E-state index is 0.0292. The van der Waals surface area contributed by atoms with Gasteiger partial charge in [0, 0.05) is 11.0 Å². The minimum atomic E-state index is -4.10. The van der Waals surface area contributed by atoms with Gasteiger partial charge in [0.1, 0.15) is 41.6 Å². The summed E-state index contributed by atoms with van der Waals surface area (Å²) < 4.78 is 43.1. The molecule has 0 aromatic carbocycles. The lowest BCUT2D eigenvalue weighted by atomic mass is 10.0. The second kappa shape index (κ2) is 11.5. The van der Waals surface area contributed by atoms with E-state index < -0.39 is 55.2 Å². The van der Waals surface area contributed by atoms with Crippen molar-refractivity contribution in [3.05, 3.63) is 29.3 Å². The molecule has 24 heteroatoms. The Balaban J connectivity index is 1.10. The maximum atomic E-state index is 12.4. The summed E-state index contributed by atoms with van der Waals surface area (Å²) in [5.41, 5.74) is 11.0. The molecule has 7 heterocycles. The second-order valence-electron chi connectivity index (χ2n) is 10.5. The Labute approximate surface area is 261 Å². The van der Waals surface area contributed by atoms with E-state index >= 15 is 0 Å². The number of aliphatic hydroxyl groups excluding tert-OH is 1. The number of thioether (sulfide) groups is 1. The van der Waals surface area contributed by atoms with E-state index in [-0.39, 0.29) is 48.9 Å². The molecule has 0 spiro atoms. The van der Waals surface area contributed by atoms with Crippen LogP contribution in [0.1, 0.15) is 18.0 Å². The maximum absolute atomic E-state index is 12.4. The zero-order valence-corrected chi connectivity index (χ0v) is 26.1.